The summed E-state index contributed by atoms with van der Waals surface area (Å²) in [4.78, 5) is 21.8. The first-order chi connectivity index (χ1) is 11.8. The number of rotatable bonds is 5. The van der Waals surface area contributed by atoms with E-state index in [9.17, 15) is 19.3 Å². The monoisotopic (exact) mass is 384 g/mol. The third-order valence-electron chi connectivity index (χ3n) is 3.07. The predicted molar refractivity (Wildman–Crippen MR) is 93.7 cm³/mol. The SMILES string of the molecule is COc1c(Cl)cc(Cl)cc1C=CC(=O)Nc1ccc(F)c([N+](=O)[O-])c1. The molecule has 0 bridgehead atoms. The van der Waals surface area contributed by atoms with Crippen LogP contribution in [-0.4, -0.2) is 17.9 Å². The average Bonchev–Trinajstić information content (AvgIpc) is 2.54. The minimum Gasteiger partial charge on any atom is -0.495 e. The Bertz CT molecular complexity index is 871. The maximum absolute atomic E-state index is 13.3. The number of methoxy groups -OCH3 is 1. The van der Waals surface area contributed by atoms with Crippen molar-refractivity contribution in [2.75, 3.05) is 12.4 Å². The molecule has 6 nitrogen and oxygen atoms in total. The molecule has 0 atom stereocenters. The van der Waals surface area contributed by atoms with Gasteiger partial charge in [0.15, 0.2) is 0 Å². The van der Waals surface area contributed by atoms with E-state index >= 15 is 0 Å². The molecule has 0 radical (unpaired) electrons. The van der Waals surface area contributed by atoms with Gasteiger partial charge in [0.2, 0.25) is 11.7 Å². The number of benzene rings is 2. The van der Waals surface area contributed by atoms with E-state index in [1.54, 1.807) is 6.07 Å². The van der Waals surface area contributed by atoms with Gasteiger partial charge in [-0.3, -0.25) is 14.9 Å². The Hall–Kier alpha value is -2.64. The van der Waals surface area contributed by atoms with Crippen molar-refractivity contribution in [3.63, 3.8) is 0 Å². The van der Waals surface area contributed by atoms with E-state index in [0.29, 0.717) is 16.3 Å². The largest absolute Gasteiger partial charge is 0.495 e. The number of nitrogens with zero attached hydrogens (tertiary/aromatic N) is 1. The van der Waals surface area contributed by atoms with Gasteiger partial charge < -0.3 is 10.1 Å². The number of nitro benzene ring substituents is 1. The summed E-state index contributed by atoms with van der Waals surface area (Å²) in [6.45, 7) is 0. The number of hydrogen-bond donors (Lipinski definition) is 1. The number of ether oxygens (including phenoxy) is 1. The number of carbonyl (C=O) groups excluding carboxylic acids is 1. The van der Waals surface area contributed by atoms with Gasteiger partial charge in [0.1, 0.15) is 5.75 Å². The van der Waals surface area contributed by atoms with Gasteiger partial charge in [0, 0.05) is 28.4 Å². The van der Waals surface area contributed by atoms with Crippen molar-refractivity contribution in [3.05, 3.63) is 67.9 Å². The van der Waals surface area contributed by atoms with Crippen molar-refractivity contribution < 1.29 is 18.8 Å². The molecule has 2 aromatic rings. The number of nitro groups is 1. The summed E-state index contributed by atoms with van der Waals surface area (Å²) in [5.41, 5.74) is -0.177. The van der Waals surface area contributed by atoms with Crippen LogP contribution in [0.25, 0.3) is 6.08 Å². The second-order valence-corrected chi connectivity index (χ2v) is 5.60. The highest BCUT2D eigenvalue weighted by molar-refractivity contribution is 6.36. The van der Waals surface area contributed by atoms with Crippen LogP contribution in [0.4, 0.5) is 15.8 Å². The van der Waals surface area contributed by atoms with Gasteiger partial charge >= 0.3 is 5.69 Å². The molecule has 0 saturated carbocycles. The Kier molecular flexibility index (Phi) is 5.95. The van der Waals surface area contributed by atoms with Gasteiger partial charge in [-0.25, -0.2) is 0 Å². The lowest BCUT2D eigenvalue weighted by Gasteiger charge is -2.08. The quantitative estimate of drug-likeness (QED) is 0.460. The number of hydrogen-bond acceptors (Lipinski definition) is 4. The van der Waals surface area contributed by atoms with E-state index < -0.39 is 22.3 Å². The number of nitrogens with one attached hydrogen (secondary N) is 1. The van der Waals surface area contributed by atoms with Crippen LogP contribution in [0.1, 0.15) is 5.56 Å². The van der Waals surface area contributed by atoms with Crippen LogP contribution in [0.15, 0.2) is 36.4 Å². The van der Waals surface area contributed by atoms with E-state index in [2.05, 4.69) is 5.32 Å². The van der Waals surface area contributed by atoms with Crippen LogP contribution in [0.2, 0.25) is 10.0 Å². The van der Waals surface area contributed by atoms with Crippen molar-refractivity contribution in [2.24, 2.45) is 0 Å². The second-order valence-electron chi connectivity index (χ2n) is 4.76. The van der Waals surface area contributed by atoms with Crippen molar-refractivity contribution >= 4 is 46.6 Å². The normalized spacial score (nSPS) is 10.7. The number of amides is 1. The van der Waals surface area contributed by atoms with Crippen LogP contribution >= 0.6 is 23.2 Å². The fourth-order valence-electron chi connectivity index (χ4n) is 2.00. The first-order valence-corrected chi connectivity index (χ1v) is 7.53. The maximum atomic E-state index is 13.3. The van der Waals surface area contributed by atoms with Crippen molar-refractivity contribution in [1.82, 2.24) is 0 Å². The Labute approximate surface area is 152 Å². The molecule has 2 rings (SSSR count). The molecule has 1 N–H and O–H groups in total. The molecule has 0 spiro atoms. The summed E-state index contributed by atoms with van der Waals surface area (Å²) in [6, 6.07) is 6.09. The molecular formula is C16H11Cl2FN2O4. The zero-order chi connectivity index (χ0) is 18.6. The molecule has 0 aliphatic rings. The summed E-state index contributed by atoms with van der Waals surface area (Å²) in [7, 11) is 1.42. The molecule has 1 amide bonds. The predicted octanol–water partition coefficient (Wildman–Crippen LogP) is 4.70. The number of halogens is 3. The third kappa shape index (κ3) is 4.68. The van der Waals surface area contributed by atoms with Crippen LogP contribution in [0, 0.1) is 15.9 Å². The number of anilines is 1. The van der Waals surface area contributed by atoms with Gasteiger partial charge in [-0.15, -0.1) is 0 Å². The Balaban J connectivity index is 2.20. The van der Waals surface area contributed by atoms with Gasteiger partial charge in [-0.1, -0.05) is 23.2 Å². The molecular weight excluding hydrogens is 374 g/mol. The summed E-state index contributed by atoms with van der Waals surface area (Å²) >= 11 is 11.9. The van der Waals surface area contributed by atoms with Crippen LogP contribution in [-0.2, 0) is 4.79 Å². The summed E-state index contributed by atoms with van der Waals surface area (Å²) in [5, 5.41) is 13.7. The molecule has 0 unspecified atom stereocenters. The summed E-state index contributed by atoms with van der Waals surface area (Å²) in [6.07, 6.45) is 2.59. The maximum Gasteiger partial charge on any atom is 0.306 e. The third-order valence-corrected chi connectivity index (χ3v) is 3.56. The van der Waals surface area contributed by atoms with E-state index in [0.717, 1.165) is 12.1 Å². The van der Waals surface area contributed by atoms with Crippen molar-refractivity contribution in [3.8, 4) is 5.75 Å². The molecule has 130 valence electrons. The number of carbonyl (C=O) groups is 1. The molecule has 0 heterocycles. The van der Waals surface area contributed by atoms with Gasteiger partial charge in [0.05, 0.1) is 17.1 Å². The Morgan fingerprint density at radius 1 is 1.32 bits per heavy atom. The second kappa shape index (κ2) is 7.96. The lowest BCUT2D eigenvalue weighted by Crippen LogP contribution is -2.08. The van der Waals surface area contributed by atoms with Gasteiger partial charge in [-0.2, -0.15) is 4.39 Å². The first-order valence-electron chi connectivity index (χ1n) is 6.78. The minimum atomic E-state index is -0.989. The Morgan fingerprint density at radius 3 is 2.68 bits per heavy atom. The van der Waals surface area contributed by atoms with E-state index in [-0.39, 0.29) is 10.7 Å². The molecule has 0 saturated heterocycles. The van der Waals surface area contributed by atoms with Crippen molar-refractivity contribution in [2.45, 2.75) is 0 Å². The zero-order valence-electron chi connectivity index (χ0n) is 12.8. The standard InChI is InChI=1S/C16H11Cl2FN2O4/c1-25-16-9(6-10(17)7-12(16)18)2-5-15(22)20-11-3-4-13(19)14(8-11)21(23)24/h2-8H,1H3,(H,20,22). The van der Waals surface area contributed by atoms with Crippen molar-refractivity contribution in [1.29, 1.82) is 0 Å². The lowest BCUT2D eigenvalue weighted by molar-refractivity contribution is -0.387. The van der Waals surface area contributed by atoms with Crippen LogP contribution in [0.3, 0.4) is 0 Å². The van der Waals surface area contributed by atoms with E-state index in [1.807, 2.05) is 0 Å². The highest BCUT2D eigenvalue weighted by atomic mass is 35.5. The molecule has 2 aromatic carbocycles. The molecule has 0 aromatic heterocycles. The van der Waals surface area contributed by atoms with Crippen LogP contribution < -0.4 is 10.1 Å². The molecule has 25 heavy (non-hydrogen) atoms. The van der Waals surface area contributed by atoms with Gasteiger partial charge in [-0.05, 0) is 30.3 Å². The van der Waals surface area contributed by atoms with Gasteiger partial charge in [0.25, 0.3) is 0 Å². The summed E-state index contributed by atoms with van der Waals surface area (Å²) in [5.74, 6) is -1.23. The van der Waals surface area contributed by atoms with E-state index in [4.69, 9.17) is 27.9 Å². The molecule has 0 aliphatic carbocycles. The zero-order valence-corrected chi connectivity index (χ0v) is 14.3. The molecule has 0 aliphatic heterocycles. The fraction of sp³-hybridized carbons (Fsp3) is 0.0625. The lowest BCUT2D eigenvalue weighted by atomic mass is 10.2. The smallest absolute Gasteiger partial charge is 0.306 e. The first kappa shape index (κ1) is 18.7. The summed E-state index contributed by atoms with van der Waals surface area (Å²) < 4.78 is 18.4. The Morgan fingerprint density at radius 2 is 2.04 bits per heavy atom. The highest BCUT2D eigenvalue weighted by Gasteiger charge is 2.15. The van der Waals surface area contributed by atoms with E-state index in [1.165, 1.54) is 31.4 Å². The minimum absolute atomic E-state index is 0.0823. The van der Waals surface area contributed by atoms with Crippen LogP contribution in [0.5, 0.6) is 5.75 Å². The highest BCUT2D eigenvalue weighted by Crippen LogP contribution is 2.33. The molecule has 9 heteroatoms. The average molecular weight is 385 g/mol. The fourth-order valence-corrected chi connectivity index (χ4v) is 2.59. The molecule has 0 fully saturated rings. The topological polar surface area (TPSA) is 81.5 Å².